The normalized spacial score (nSPS) is 26.7. The number of amides is 1. The summed E-state index contributed by atoms with van der Waals surface area (Å²) < 4.78 is 0. The lowest BCUT2D eigenvalue weighted by molar-refractivity contribution is -0.132. The van der Waals surface area contributed by atoms with Gasteiger partial charge in [-0.15, -0.1) is 0 Å². The van der Waals surface area contributed by atoms with Gasteiger partial charge in [0.05, 0.1) is 6.04 Å². The minimum absolute atomic E-state index is 0.113. The van der Waals surface area contributed by atoms with Crippen LogP contribution in [0.1, 0.15) is 34.1 Å². The van der Waals surface area contributed by atoms with E-state index in [0.29, 0.717) is 0 Å². The molecule has 1 heterocycles. The number of nitrogens with zero attached hydrogens (tertiary/aromatic N) is 1. The van der Waals surface area contributed by atoms with Gasteiger partial charge in [-0.2, -0.15) is 0 Å². The van der Waals surface area contributed by atoms with Crippen molar-refractivity contribution in [2.24, 2.45) is 11.1 Å². The Morgan fingerprint density at radius 3 is 2.38 bits per heavy atom. The summed E-state index contributed by atoms with van der Waals surface area (Å²) in [6.07, 6.45) is 0.805. The first-order valence-corrected chi connectivity index (χ1v) is 4.90. The highest BCUT2D eigenvalue weighted by Crippen LogP contribution is 2.27. The van der Waals surface area contributed by atoms with Gasteiger partial charge in [-0.1, -0.05) is 20.8 Å². The van der Waals surface area contributed by atoms with E-state index in [0.717, 1.165) is 13.0 Å². The van der Waals surface area contributed by atoms with E-state index >= 15 is 0 Å². The predicted octanol–water partition coefficient (Wildman–Crippen LogP) is 0.981. The maximum Gasteiger partial charge on any atom is 0.239 e. The highest BCUT2D eigenvalue weighted by molar-refractivity contribution is 5.84. The Morgan fingerprint density at radius 2 is 2.08 bits per heavy atom. The first-order valence-electron chi connectivity index (χ1n) is 4.90. The first-order chi connectivity index (χ1) is 5.84. The van der Waals surface area contributed by atoms with E-state index in [4.69, 9.17) is 5.73 Å². The summed E-state index contributed by atoms with van der Waals surface area (Å²) in [5.41, 5.74) is 5.80. The van der Waals surface area contributed by atoms with E-state index in [1.165, 1.54) is 0 Å². The minimum atomic E-state index is -0.259. The van der Waals surface area contributed by atoms with E-state index in [1.807, 2.05) is 4.90 Å². The fourth-order valence-corrected chi connectivity index (χ4v) is 1.58. The summed E-state index contributed by atoms with van der Waals surface area (Å²) in [5.74, 6) is 0.113. The van der Waals surface area contributed by atoms with Crippen molar-refractivity contribution in [2.75, 3.05) is 6.54 Å². The van der Waals surface area contributed by atoms with Crippen molar-refractivity contribution >= 4 is 5.91 Å². The Balaban J connectivity index is 2.69. The average molecular weight is 184 g/mol. The smallest absolute Gasteiger partial charge is 0.239 e. The van der Waals surface area contributed by atoms with Crippen LogP contribution in [0.25, 0.3) is 0 Å². The number of hydrogen-bond acceptors (Lipinski definition) is 2. The number of nitrogens with two attached hydrogens (primary N) is 1. The van der Waals surface area contributed by atoms with Crippen molar-refractivity contribution < 1.29 is 4.79 Å². The van der Waals surface area contributed by atoms with Gasteiger partial charge in [-0.05, 0) is 18.8 Å². The van der Waals surface area contributed by atoms with Crippen LogP contribution in [0.3, 0.4) is 0 Å². The fourth-order valence-electron chi connectivity index (χ4n) is 1.58. The summed E-state index contributed by atoms with van der Waals surface area (Å²) in [5, 5.41) is 0. The summed E-state index contributed by atoms with van der Waals surface area (Å²) in [4.78, 5) is 13.5. The van der Waals surface area contributed by atoms with Gasteiger partial charge in [0.2, 0.25) is 5.91 Å². The third-order valence-corrected chi connectivity index (χ3v) is 3.00. The molecule has 0 spiro atoms. The van der Waals surface area contributed by atoms with Gasteiger partial charge in [-0.25, -0.2) is 0 Å². The molecule has 1 saturated heterocycles. The van der Waals surface area contributed by atoms with Gasteiger partial charge in [-0.3, -0.25) is 4.79 Å². The predicted molar refractivity (Wildman–Crippen MR) is 53.2 cm³/mol. The molecule has 13 heavy (non-hydrogen) atoms. The van der Waals surface area contributed by atoms with Gasteiger partial charge < -0.3 is 10.6 Å². The fraction of sp³-hybridized carbons (Fsp3) is 0.900. The van der Waals surface area contributed by atoms with Gasteiger partial charge >= 0.3 is 0 Å². The largest absolute Gasteiger partial charge is 0.338 e. The molecular formula is C10H20N2O. The topological polar surface area (TPSA) is 46.3 Å². The SMILES string of the molecule is CC(N1CCC(N)C1=O)C(C)(C)C. The van der Waals surface area contributed by atoms with Crippen LogP contribution in [0, 0.1) is 5.41 Å². The van der Waals surface area contributed by atoms with E-state index in [1.54, 1.807) is 0 Å². The number of carbonyl (C=O) groups excluding carboxylic acids is 1. The lowest BCUT2D eigenvalue weighted by atomic mass is 9.87. The highest BCUT2D eigenvalue weighted by Gasteiger charge is 2.36. The van der Waals surface area contributed by atoms with Crippen LogP contribution < -0.4 is 5.73 Å². The molecule has 1 rings (SSSR count). The third-order valence-electron chi connectivity index (χ3n) is 3.00. The summed E-state index contributed by atoms with van der Waals surface area (Å²) in [6.45, 7) is 9.35. The highest BCUT2D eigenvalue weighted by atomic mass is 16.2. The Hall–Kier alpha value is -0.570. The molecule has 0 aromatic carbocycles. The van der Waals surface area contributed by atoms with Crippen LogP contribution in [-0.2, 0) is 4.79 Å². The monoisotopic (exact) mass is 184 g/mol. The van der Waals surface area contributed by atoms with Crippen LogP contribution in [0.15, 0.2) is 0 Å². The Kier molecular flexibility index (Phi) is 2.66. The molecule has 1 aliphatic heterocycles. The molecule has 2 N–H and O–H groups in total. The Bertz CT molecular complexity index is 207. The summed E-state index contributed by atoms with van der Waals surface area (Å²) >= 11 is 0. The number of hydrogen-bond donors (Lipinski definition) is 1. The number of carbonyl (C=O) groups is 1. The lowest BCUT2D eigenvalue weighted by Gasteiger charge is -2.35. The molecule has 1 aliphatic rings. The molecule has 0 radical (unpaired) electrons. The maximum absolute atomic E-state index is 11.6. The molecule has 0 bridgehead atoms. The molecule has 76 valence electrons. The van der Waals surface area contributed by atoms with E-state index in [9.17, 15) is 4.79 Å². The zero-order chi connectivity index (χ0) is 10.2. The minimum Gasteiger partial charge on any atom is -0.338 e. The quantitative estimate of drug-likeness (QED) is 0.660. The van der Waals surface area contributed by atoms with E-state index < -0.39 is 0 Å². The number of likely N-dealkylation sites (tertiary alicyclic amines) is 1. The van der Waals surface area contributed by atoms with Crippen molar-refractivity contribution in [2.45, 2.75) is 46.2 Å². The Morgan fingerprint density at radius 1 is 1.54 bits per heavy atom. The molecule has 2 unspecified atom stereocenters. The Labute approximate surface area is 80.3 Å². The molecule has 3 heteroatoms. The van der Waals surface area contributed by atoms with Crippen LogP contribution in [-0.4, -0.2) is 29.4 Å². The van der Waals surface area contributed by atoms with Crippen molar-refractivity contribution in [3.63, 3.8) is 0 Å². The van der Waals surface area contributed by atoms with Crippen molar-refractivity contribution in [3.8, 4) is 0 Å². The van der Waals surface area contributed by atoms with Crippen LogP contribution in [0.4, 0.5) is 0 Å². The molecule has 0 aromatic rings. The second-order valence-electron chi connectivity index (χ2n) is 4.97. The number of rotatable bonds is 1. The van der Waals surface area contributed by atoms with Gasteiger partial charge in [0, 0.05) is 12.6 Å². The van der Waals surface area contributed by atoms with E-state index in [-0.39, 0.29) is 23.4 Å². The molecule has 1 amide bonds. The molecule has 0 aromatic heterocycles. The standard InChI is InChI=1S/C10H20N2O/c1-7(10(2,3)4)12-6-5-8(11)9(12)13/h7-8H,5-6,11H2,1-4H3. The molecule has 0 aliphatic carbocycles. The second kappa shape index (κ2) is 3.29. The van der Waals surface area contributed by atoms with Crippen molar-refractivity contribution in [1.29, 1.82) is 0 Å². The molecular weight excluding hydrogens is 164 g/mol. The second-order valence-corrected chi connectivity index (χ2v) is 4.97. The van der Waals surface area contributed by atoms with Crippen LogP contribution in [0.5, 0.6) is 0 Å². The lowest BCUT2D eigenvalue weighted by Crippen LogP contribution is -2.45. The van der Waals surface area contributed by atoms with Gasteiger partial charge in [0.25, 0.3) is 0 Å². The zero-order valence-electron chi connectivity index (χ0n) is 9.00. The van der Waals surface area contributed by atoms with Crippen molar-refractivity contribution in [1.82, 2.24) is 4.90 Å². The summed E-state index contributed by atoms with van der Waals surface area (Å²) in [6, 6.07) is 0.0124. The van der Waals surface area contributed by atoms with Crippen LogP contribution in [0.2, 0.25) is 0 Å². The van der Waals surface area contributed by atoms with Gasteiger partial charge in [0.15, 0.2) is 0 Å². The van der Waals surface area contributed by atoms with Crippen molar-refractivity contribution in [3.05, 3.63) is 0 Å². The zero-order valence-corrected chi connectivity index (χ0v) is 9.00. The molecule has 2 atom stereocenters. The van der Waals surface area contributed by atoms with Gasteiger partial charge in [0.1, 0.15) is 0 Å². The summed E-state index contributed by atoms with van der Waals surface area (Å²) in [7, 11) is 0. The molecule has 1 fully saturated rings. The third kappa shape index (κ3) is 2.02. The maximum atomic E-state index is 11.6. The molecule has 3 nitrogen and oxygen atoms in total. The first kappa shape index (κ1) is 10.5. The van der Waals surface area contributed by atoms with E-state index in [2.05, 4.69) is 27.7 Å². The average Bonchev–Trinajstić information content (AvgIpc) is 2.30. The van der Waals surface area contributed by atoms with Crippen LogP contribution >= 0.6 is 0 Å². The molecule has 0 saturated carbocycles.